The van der Waals surface area contributed by atoms with E-state index in [4.69, 9.17) is 0 Å². The van der Waals surface area contributed by atoms with Gasteiger partial charge in [-0.15, -0.1) is 0 Å². The van der Waals surface area contributed by atoms with Crippen LogP contribution in [0, 0.1) is 6.92 Å². The summed E-state index contributed by atoms with van der Waals surface area (Å²) in [5, 5.41) is 0.547. The molecule has 3 aromatic carbocycles. The summed E-state index contributed by atoms with van der Waals surface area (Å²) >= 11 is 1.42. The van der Waals surface area contributed by atoms with E-state index in [2.05, 4.69) is 4.98 Å². The predicted molar refractivity (Wildman–Crippen MR) is 133 cm³/mol. The van der Waals surface area contributed by atoms with E-state index >= 15 is 0 Å². The maximum absolute atomic E-state index is 13.5. The summed E-state index contributed by atoms with van der Waals surface area (Å²) in [4.78, 5) is 20.0. The Morgan fingerprint density at radius 2 is 1.76 bits per heavy atom. The summed E-state index contributed by atoms with van der Waals surface area (Å²) in [6.07, 6.45) is 2.85. The van der Waals surface area contributed by atoms with Crippen molar-refractivity contribution in [3.05, 3.63) is 83.4 Å². The third-order valence-electron chi connectivity index (χ3n) is 6.09. The van der Waals surface area contributed by atoms with Crippen molar-refractivity contribution in [2.24, 2.45) is 0 Å². The number of sulfone groups is 1. The second-order valence-electron chi connectivity index (χ2n) is 8.33. The normalized spacial score (nSPS) is 13.2. The number of nitrogens with zero attached hydrogens (tertiary/aromatic N) is 2. The molecular weight excluding hydrogens is 452 g/mol. The van der Waals surface area contributed by atoms with E-state index in [1.807, 2.05) is 61.5 Å². The number of amides is 1. The smallest absolute Gasteiger partial charge is 0.234 e. The molecule has 0 saturated heterocycles. The van der Waals surface area contributed by atoms with Crippen LogP contribution in [-0.2, 0) is 27.5 Å². The first-order chi connectivity index (χ1) is 15.9. The number of thiazole rings is 1. The first-order valence-corrected chi connectivity index (χ1v) is 13.5. The van der Waals surface area contributed by atoms with Crippen LogP contribution >= 0.6 is 11.3 Å². The van der Waals surface area contributed by atoms with Crippen molar-refractivity contribution in [2.45, 2.75) is 37.5 Å². The Labute approximate surface area is 197 Å². The number of hydrogen-bond donors (Lipinski definition) is 0. The number of fused-ring (bicyclic) bond motifs is 2. The molecule has 168 valence electrons. The van der Waals surface area contributed by atoms with Crippen molar-refractivity contribution < 1.29 is 13.2 Å². The lowest BCUT2D eigenvalue weighted by molar-refractivity contribution is -0.117. The first kappa shape index (κ1) is 21.8. The van der Waals surface area contributed by atoms with Gasteiger partial charge in [0.1, 0.15) is 0 Å². The van der Waals surface area contributed by atoms with Gasteiger partial charge < -0.3 is 0 Å². The number of aromatic nitrogens is 1. The van der Waals surface area contributed by atoms with Crippen molar-refractivity contribution in [2.75, 3.05) is 10.7 Å². The molecule has 4 aromatic rings. The highest BCUT2D eigenvalue weighted by Gasteiger charge is 2.26. The maximum Gasteiger partial charge on any atom is 0.234 e. The third kappa shape index (κ3) is 4.30. The maximum atomic E-state index is 13.5. The molecule has 1 heterocycles. The van der Waals surface area contributed by atoms with E-state index in [0.29, 0.717) is 10.0 Å². The molecule has 0 bridgehead atoms. The molecule has 0 aliphatic heterocycles. The zero-order valence-electron chi connectivity index (χ0n) is 18.3. The molecule has 5 rings (SSSR count). The summed E-state index contributed by atoms with van der Waals surface area (Å²) in [5.41, 5.74) is 4.79. The Bertz CT molecular complexity index is 1420. The third-order valence-corrected chi connectivity index (χ3v) is 8.83. The molecular formula is C26H24N2O3S2. The summed E-state index contributed by atoms with van der Waals surface area (Å²) < 4.78 is 27.1. The average Bonchev–Trinajstić information content (AvgIpc) is 3.45. The Kier molecular flexibility index (Phi) is 5.76. The summed E-state index contributed by atoms with van der Waals surface area (Å²) in [7, 11) is -3.57. The number of para-hydroxylation sites is 2. The van der Waals surface area contributed by atoms with Crippen LogP contribution in [0.2, 0.25) is 0 Å². The Hall–Kier alpha value is -3.03. The van der Waals surface area contributed by atoms with Crippen LogP contribution in [0.15, 0.2) is 71.6 Å². The minimum atomic E-state index is -3.57. The van der Waals surface area contributed by atoms with Crippen molar-refractivity contribution in [1.29, 1.82) is 0 Å². The Morgan fingerprint density at radius 1 is 1.00 bits per heavy atom. The van der Waals surface area contributed by atoms with E-state index in [1.54, 1.807) is 17.0 Å². The monoisotopic (exact) mass is 476 g/mol. The Balaban J connectivity index is 1.44. The minimum Gasteiger partial charge on any atom is -0.274 e. The second-order valence-corrected chi connectivity index (χ2v) is 11.5. The largest absolute Gasteiger partial charge is 0.274 e. The molecule has 33 heavy (non-hydrogen) atoms. The standard InChI is InChI=1S/C26H24N2O3S2/c1-18-7-2-4-11-23(18)28(26-27-22-10-3-5-12-24(22)32-26)25(29)15-16-33(30,31)21-14-13-19-8-6-9-20(19)17-21/h2-5,7,10-14,17H,6,8-9,15-16H2,1H3. The van der Waals surface area contributed by atoms with Crippen LogP contribution in [0.25, 0.3) is 10.2 Å². The first-order valence-electron chi connectivity index (χ1n) is 11.0. The van der Waals surface area contributed by atoms with Crippen LogP contribution < -0.4 is 4.90 Å². The van der Waals surface area contributed by atoms with Gasteiger partial charge in [-0.2, -0.15) is 0 Å². The lowest BCUT2D eigenvalue weighted by atomic mass is 10.1. The van der Waals surface area contributed by atoms with Crippen LogP contribution in [-0.4, -0.2) is 25.1 Å². The molecule has 0 N–H and O–H groups in total. The second kappa shape index (κ2) is 8.72. The summed E-state index contributed by atoms with van der Waals surface area (Å²) in [6, 6.07) is 20.7. The molecule has 0 fully saturated rings. The predicted octanol–water partition coefficient (Wildman–Crippen LogP) is 5.62. The fraction of sp³-hybridized carbons (Fsp3) is 0.231. The topological polar surface area (TPSA) is 67.3 Å². The number of carbonyl (C=O) groups excluding carboxylic acids is 1. The highest BCUT2D eigenvalue weighted by molar-refractivity contribution is 7.91. The van der Waals surface area contributed by atoms with E-state index in [9.17, 15) is 13.2 Å². The average molecular weight is 477 g/mol. The fourth-order valence-corrected chi connectivity index (χ4v) is 6.58. The molecule has 1 aromatic heterocycles. The SMILES string of the molecule is Cc1ccccc1N(C(=O)CCS(=O)(=O)c1ccc2c(c1)CCC2)c1nc2ccccc2s1. The quantitative estimate of drug-likeness (QED) is 0.362. The van der Waals surface area contributed by atoms with Gasteiger partial charge in [0.15, 0.2) is 15.0 Å². The lowest BCUT2D eigenvalue weighted by Gasteiger charge is -2.22. The summed E-state index contributed by atoms with van der Waals surface area (Å²) in [5.74, 6) is -0.522. The highest BCUT2D eigenvalue weighted by Crippen LogP contribution is 2.35. The molecule has 1 amide bonds. The van der Waals surface area contributed by atoms with Crippen LogP contribution in [0.4, 0.5) is 10.8 Å². The van der Waals surface area contributed by atoms with Crippen LogP contribution in [0.5, 0.6) is 0 Å². The van der Waals surface area contributed by atoms with E-state index in [0.717, 1.165) is 46.3 Å². The number of rotatable bonds is 6. The lowest BCUT2D eigenvalue weighted by Crippen LogP contribution is -2.28. The van der Waals surface area contributed by atoms with Gasteiger partial charge in [-0.05, 0) is 73.2 Å². The zero-order valence-corrected chi connectivity index (χ0v) is 20.0. The zero-order chi connectivity index (χ0) is 23.0. The number of aryl methyl sites for hydroxylation is 3. The van der Waals surface area contributed by atoms with Gasteiger partial charge in [0.25, 0.3) is 0 Å². The van der Waals surface area contributed by atoms with Gasteiger partial charge >= 0.3 is 0 Å². The molecule has 0 radical (unpaired) electrons. The van der Waals surface area contributed by atoms with Gasteiger partial charge in [-0.25, -0.2) is 13.4 Å². The van der Waals surface area contributed by atoms with Crippen molar-refractivity contribution in [3.63, 3.8) is 0 Å². The molecule has 0 unspecified atom stereocenters. The molecule has 0 spiro atoms. The molecule has 0 saturated carbocycles. The minimum absolute atomic E-state index is 0.121. The number of anilines is 2. The van der Waals surface area contributed by atoms with E-state index in [-0.39, 0.29) is 18.1 Å². The fourth-order valence-electron chi connectivity index (χ4n) is 4.31. The van der Waals surface area contributed by atoms with E-state index in [1.165, 1.54) is 16.9 Å². The molecule has 1 aliphatic rings. The van der Waals surface area contributed by atoms with Crippen molar-refractivity contribution in [3.8, 4) is 0 Å². The number of hydrogen-bond acceptors (Lipinski definition) is 5. The summed E-state index contributed by atoms with van der Waals surface area (Å²) in [6.45, 7) is 1.93. The van der Waals surface area contributed by atoms with Gasteiger partial charge in [-0.1, -0.05) is 47.7 Å². The number of carbonyl (C=O) groups is 1. The molecule has 7 heteroatoms. The molecule has 1 aliphatic carbocycles. The van der Waals surface area contributed by atoms with E-state index < -0.39 is 9.84 Å². The molecule has 5 nitrogen and oxygen atoms in total. The van der Waals surface area contributed by atoms with Crippen molar-refractivity contribution >= 4 is 48.1 Å². The van der Waals surface area contributed by atoms with Crippen LogP contribution in [0.1, 0.15) is 29.5 Å². The highest BCUT2D eigenvalue weighted by atomic mass is 32.2. The van der Waals surface area contributed by atoms with Crippen LogP contribution in [0.3, 0.4) is 0 Å². The van der Waals surface area contributed by atoms with Gasteiger partial charge in [-0.3, -0.25) is 9.69 Å². The number of benzene rings is 3. The van der Waals surface area contributed by atoms with Gasteiger partial charge in [0.2, 0.25) is 5.91 Å². The van der Waals surface area contributed by atoms with Crippen molar-refractivity contribution in [1.82, 2.24) is 4.98 Å². The van der Waals surface area contributed by atoms with Gasteiger partial charge in [0, 0.05) is 6.42 Å². The molecule has 0 atom stereocenters. The van der Waals surface area contributed by atoms with Gasteiger partial charge in [0.05, 0.1) is 26.6 Å². The Morgan fingerprint density at radius 3 is 2.58 bits per heavy atom.